The molecule has 8 heteroatoms. The number of carbonyl (C=O) groups is 1. The first kappa shape index (κ1) is 25.9. The van der Waals surface area contributed by atoms with Crippen LogP contribution in [0, 0.1) is 0 Å². The van der Waals surface area contributed by atoms with Gasteiger partial charge in [-0.15, -0.1) is 24.0 Å². The molecule has 0 bridgehead atoms. The minimum absolute atomic E-state index is 0. The van der Waals surface area contributed by atoms with Gasteiger partial charge in [0.2, 0.25) is 0 Å². The standard InChI is InChI=1S/C23H37N5O2.HI/c1-2-24-22(26-14-13-25-21(29)20-9-5-3-6-10-20)27-19-23(11-7-4-8-12-23)28-15-17-30-18-16-28;/h3,5-6,9-10H,2,4,7-8,11-19H2,1H3,(H,25,29)(H2,24,26,27);1H. The van der Waals surface area contributed by atoms with Gasteiger partial charge in [0, 0.05) is 43.8 Å². The second kappa shape index (κ2) is 13.9. The molecule has 0 radical (unpaired) electrons. The van der Waals surface area contributed by atoms with Crippen molar-refractivity contribution in [3.05, 3.63) is 35.9 Å². The molecule has 0 spiro atoms. The highest BCUT2D eigenvalue weighted by Crippen LogP contribution is 2.34. The summed E-state index contributed by atoms with van der Waals surface area (Å²) in [4.78, 5) is 19.7. The summed E-state index contributed by atoms with van der Waals surface area (Å²) in [5.74, 6) is 0.775. The number of ether oxygens (including phenoxy) is 1. The van der Waals surface area contributed by atoms with Crippen LogP contribution in [0.15, 0.2) is 35.3 Å². The Hall–Kier alpha value is -1.39. The van der Waals surface area contributed by atoms with Crippen LogP contribution in [0.3, 0.4) is 0 Å². The summed E-state index contributed by atoms with van der Waals surface area (Å²) in [6, 6.07) is 9.30. The molecule has 3 N–H and O–H groups in total. The summed E-state index contributed by atoms with van der Waals surface area (Å²) < 4.78 is 5.58. The lowest BCUT2D eigenvalue weighted by molar-refractivity contribution is -0.0333. The molecule has 1 aromatic carbocycles. The molecule has 1 saturated heterocycles. The van der Waals surface area contributed by atoms with Crippen molar-refractivity contribution in [2.45, 2.75) is 44.6 Å². The van der Waals surface area contributed by atoms with Crippen molar-refractivity contribution < 1.29 is 9.53 Å². The van der Waals surface area contributed by atoms with Crippen molar-refractivity contribution in [2.75, 3.05) is 52.5 Å². The fourth-order valence-corrected chi connectivity index (χ4v) is 4.44. The molecular formula is C23H38IN5O2. The minimum atomic E-state index is -0.0483. The highest BCUT2D eigenvalue weighted by Gasteiger charge is 2.38. The molecule has 1 heterocycles. The Labute approximate surface area is 203 Å². The Bertz CT molecular complexity index is 674. The number of morpholine rings is 1. The average Bonchev–Trinajstić information content (AvgIpc) is 2.81. The minimum Gasteiger partial charge on any atom is -0.379 e. The van der Waals surface area contributed by atoms with E-state index in [0.717, 1.165) is 45.4 Å². The maximum Gasteiger partial charge on any atom is 0.251 e. The first-order valence-corrected chi connectivity index (χ1v) is 11.4. The van der Waals surface area contributed by atoms with Crippen LogP contribution in [0.4, 0.5) is 0 Å². The first-order valence-electron chi connectivity index (χ1n) is 11.4. The van der Waals surface area contributed by atoms with Gasteiger partial charge in [-0.1, -0.05) is 37.5 Å². The van der Waals surface area contributed by atoms with E-state index in [9.17, 15) is 4.79 Å². The van der Waals surface area contributed by atoms with E-state index in [1.807, 2.05) is 30.3 Å². The lowest BCUT2D eigenvalue weighted by Gasteiger charge is -2.47. The van der Waals surface area contributed by atoms with Crippen molar-refractivity contribution in [1.82, 2.24) is 20.9 Å². The fourth-order valence-electron chi connectivity index (χ4n) is 4.44. The Kier molecular flexibility index (Phi) is 11.6. The molecule has 1 aromatic rings. The van der Waals surface area contributed by atoms with Crippen LogP contribution < -0.4 is 16.0 Å². The molecule has 0 aromatic heterocycles. The van der Waals surface area contributed by atoms with Crippen LogP contribution in [0.25, 0.3) is 0 Å². The number of amides is 1. The third-order valence-corrected chi connectivity index (χ3v) is 6.08. The predicted molar refractivity (Wildman–Crippen MR) is 136 cm³/mol. The van der Waals surface area contributed by atoms with Gasteiger partial charge in [-0.05, 0) is 31.9 Å². The van der Waals surface area contributed by atoms with Gasteiger partial charge in [-0.3, -0.25) is 14.7 Å². The smallest absolute Gasteiger partial charge is 0.251 e. The Morgan fingerprint density at radius 1 is 1.03 bits per heavy atom. The van der Waals surface area contributed by atoms with E-state index >= 15 is 0 Å². The summed E-state index contributed by atoms with van der Waals surface area (Å²) in [5.41, 5.74) is 0.842. The van der Waals surface area contributed by atoms with Crippen LogP contribution >= 0.6 is 24.0 Å². The molecular weight excluding hydrogens is 505 g/mol. The predicted octanol–water partition coefficient (Wildman–Crippen LogP) is 2.62. The lowest BCUT2D eigenvalue weighted by atomic mass is 9.80. The zero-order valence-corrected chi connectivity index (χ0v) is 21.0. The molecule has 1 amide bonds. The fraction of sp³-hybridized carbons (Fsp3) is 0.652. The van der Waals surface area contributed by atoms with E-state index in [-0.39, 0.29) is 35.4 Å². The molecule has 3 rings (SSSR count). The highest BCUT2D eigenvalue weighted by molar-refractivity contribution is 14.0. The molecule has 7 nitrogen and oxygen atoms in total. The van der Waals surface area contributed by atoms with Crippen LogP contribution in [-0.2, 0) is 4.74 Å². The first-order chi connectivity index (χ1) is 14.7. The third kappa shape index (κ3) is 7.91. The van der Waals surface area contributed by atoms with Crippen molar-refractivity contribution >= 4 is 35.8 Å². The van der Waals surface area contributed by atoms with Crippen molar-refractivity contribution in [3.63, 3.8) is 0 Å². The quantitative estimate of drug-likeness (QED) is 0.204. The van der Waals surface area contributed by atoms with Crippen molar-refractivity contribution in [3.8, 4) is 0 Å². The maximum atomic E-state index is 12.2. The summed E-state index contributed by atoms with van der Waals surface area (Å²) in [7, 11) is 0. The van der Waals surface area contributed by atoms with Gasteiger partial charge in [0.25, 0.3) is 5.91 Å². The Morgan fingerprint density at radius 2 is 1.71 bits per heavy atom. The monoisotopic (exact) mass is 543 g/mol. The lowest BCUT2D eigenvalue weighted by Crippen LogP contribution is -2.56. The second-order valence-electron chi connectivity index (χ2n) is 8.13. The maximum absolute atomic E-state index is 12.2. The third-order valence-electron chi connectivity index (χ3n) is 6.08. The number of aliphatic imine (C=N–C) groups is 1. The van der Waals surface area contributed by atoms with Gasteiger partial charge >= 0.3 is 0 Å². The number of halogens is 1. The Balaban J connectivity index is 0.00000341. The summed E-state index contributed by atoms with van der Waals surface area (Å²) in [6.45, 7) is 8.53. The van der Waals surface area contributed by atoms with E-state index in [2.05, 4.69) is 27.8 Å². The van der Waals surface area contributed by atoms with E-state index in [1.54, 1.807) is 0 Å². The second-order valence-corrected chi connectivity index (χ2v) is 8.13. The molecule has 31 heavy (non-hydrogen) atoms. The van der Waals surface area contributed by atoms with Crippen LogP contribution in [-0.4, -0.2) is 74.8 Å². The SMILES string of the molecule is CCNC(=NCC1(N2CCOCC2)CCCCC1)NCCNC(=O)c1ccccc1.I. The van der Waals surface area contributed by atoms with Gasteiger partial charge in [0.05, 0.1) is 19.8 Å². The normalized spacial score (nSPS) is 19.2. The molecule has 2 fully saturated rings. The van der Waals surface area contributed by atoms with E-state index in [1.165, 1.54) is 32.1 Å². The van der Waals surface area contributed by atoms with Gasteiger partial charge in [0.1, 0.15) is 0 Å². The molecule has 1 saturated carbocycles. The van der Waals surface area contributed by atoms with E-state index < -0.39 is 0 Å². The van der Waals surface area contributed by atoms with Gasteiger partial charge in [-0.2, -0.15) is 0 Å². The number of hydrogen-bond acceptors (Lipinski definition) is 4. The zero-order valence-electron chi connectivity index (χ0n) is 18.7. The zero-order chi connectivity index (χ0) is 21.1. The number of nitrogens with zero attached hydrogens (tertiary/aromatic N) is 2. The molecule has 0 unspecified atom stereocenters. The largest absolute Gasteiger partial charge is 0.379 e. The molecule has 1 aliphatic carbocycles. The summed E-state index contributed by atoms with van der Waals surface area (Å²) in [6.07, 6.45) is 6.31. The van der Waals surface area contributed by atoms with Gasteiger partial charge in [-0.25, -0.2) is 0 Å². The van der Waals surface area contributed by atoms with Gasteiger partial charge < -0.3 is 20.7 Å². The van der Waals surface area contributed by atoms with Crippen LogP contribution in [0.1, 0.15) is 49.4 Å². The molecule has 174 valence electrons. The van der Waals surface area contributed by atoms with E-state index in [4.69, 9.17) is 9.73 Å². The summed E-state index contributed by atoms with van der Waals surface area (Å²) >= 11 is 0. The number of nitrogens with one attached hydrogen (secondary N) is 3. The number of carbonyl (C=O) groups excluding carboxylic acids is 1. The van der Waals surface area contributed by atoms with Gasteiger partial charge in [0.15, 0.2) is 5.96 Å². The molecule has 0 atom stereocenters. The Morgan fingerprint density at radius 3 is 2.39 bits per heavy atom. The van der Waals surface area contributed by atoms with Crippen LogP contribution in [0.5, 0.6) is 0 Å². The van der Waals surface area contributed by atoms with Crippen LogP contribution in [0.2, 0.25) is 0 Å². The topological polar surface area (TPSA) is 78.0 Å². The number of benzene rings is 1. The molecule has 2 aliphatic rings. The average molecular weight is 543 g/mol. The number of hydrogen-bond donors (Lipinski definition) is 3. The number of guanidine groups is 1. The summed E-state index contributed by atoms with van der Waals surface area (Å²) in [5, 5.41) is 9.67. The van der Waals surface area contributed by atoms with E-state index in [0.29, 0.717) is 18.7 Å². The molecule has 1 aliphatic heterocycles. The van der Waals surface area contributed by atoms with Crippen molar-refractivity contribution in [2.24, 2.45) is 4.99 Å². The number of rotatable bonds is 8. The highest BCUT2D eigenvalue weighted by atomic mass is 127. The van der Waals surface area contributed by atoms with Crippen molar-refractivity contribution in [1.29, 1.82) is 0 Å².